The maximum absolute atomic E-state index is 12.4. The van der Waals surface area contributed by atoms with Crippen molar-refractivity contribution in [3.05, 3.63) is 47.7 Å². The number of aryl methyl sites for hydroxylation is 1. The number of para-hydroxylation sites is 2. The van der Waals surface area contributed by atoms with Crippen molar-refractivity contribution in [2.45, 2.75) is 12.8 Å². The second kappa shape index (κ2) is 8.32. The molecule has 2 aromatic heterocycles. The summed E-state index contributed by atoms with van der Waals surface area (Å²) in [6, 6.07) is 11.7. The Labute approximate surface area is 161 Å². The minimum atomic E-state index is -0.0772. The first-order valence-electron chi connectivity index (χ1n) is 8.87. The molecule has 0 spiro atoms. The summed E-state index contributed by atoms with van der Waals surface area (Å²) in [6.45, 7) is 3.04. The van der Waals surface area contributed by atoms with E-state index in [1.165, 1.54) is 0 Å². The molecule has 1 fully saturated rings. The number of morpholine rings is 1. The topological polar surface area (TPSA) is 80.5 Å². The molecule has 8 heteroatoms. The maximum Gasteiger partial charge on any atom is 0.257 e. The van der Waals surface area contributed by atoms with Crippen LogP contribution in [0.4, 0.5) is 11.4 Å². The Morgan fingerprint density at radius 1 is 1.15 bits per heavy atom. The summed E-state index contributed by atoms with van der Waals surface area (Å²) in [4.78, 5) is 15.6. The average molecular weight is 384 g/mol. The molecular weight excluding hydrogens is 364 g/mol. The van der Waals surface area contributed by atoms with Crippen LogP contribution >= 0.6 is 11.3 Å². The van der Waals surface area contributed by atoms with Crippen LogP contribution < -0.4 is 10.2 Å². The molecule has 0 atom stereocenters. The van der Waals surface area contributed by atoms with Gasteiger partial charge in [0.1, 0.15) is 0 Å². The number of rotatable bonds is 6. The Morgan fingerprint density at radius 2 is 2.00 bits per heavy atom. The van der Waals surface area contributed by atoms with Crippen LogP contribution in [-0.4, -0.2) is 42.4 Å². The number of anilines is 2. The first kappa shape index (κ1) is 17.7. The predicted octanol–water partition coefficient (Wildman–Crippen LogP) is 3.21. The highest BCUT2D eigenvalue weighted by Gasteiger charge is 2.16. The lowest BCUT2D eigenvalue weighted by atomic mass is 10.2. The van der Waals surface area contributed by atoms with Gasteiger partial charge in [-0.25, -0.2) is 0 Å². The fourth-order valence-electron chi connectivity index (χ4n) is 2.95. The quantitative estimate of drug-likeness (QED) is 0.703. The third-order valence-corrected chi connectivity index (χ3v) is 5.15. The fourth-order valence-corrected chi connectivity index (χ4v) is 3.59. The van der Waals surface area contributed by atoms with E-state index in [4.69, 9.17) is 9.15 Å². The number of carbonyl (C=O) groups is 1. The third kappa shape index (κ3) is 4.35. The number of thiophene rings is 1. The third-order valence-electron chi connectivity index (χ3n) is 4.29. The van der Waals surface area contributed by atoms with Gasteiger partial charge in [-0.05, 0) is 23.6 Å². The van der Waals surface area contributed by atoms with Crippen LogP contribution in [0.15, 0.2) is 46.2 Å². The SMILES string of the molecule is O=C(CCc1nnc(-c2cccs2)o1)Nc1ccccc1N1CCOCC1. The first-order chi connectivity index (χ1) is 13.3. The van der Waals surface area contributed by atoms with Gasteiger partial charge in [-0.3, -0.25) is 4.79 Å². The lowest BCUT2D eigenvalue weighted by molar-refractivity contribution is -0.116. The van der Waals surface area contributed by atoms with Crippen molar-refractivity contribution in [3.8, 4) is 10.8 Å². The van der Waals surface area contributed by atoms with Crippen molar-refractivity contribution in [3.63, 3.8) is 0 Å². The van der Waals surface area contributed by atoms with Crippen LogP contribution in [-0.2, 0) is 16.0 Å². The Balaban J connectivity index is 1.36. The molecule has 3 aromatic rings. The fraction of sp³-hybridized carbons (Fsp3) is 0.316. The standard InChI is InChI=1S/C19H20N4O3S/c24-17(7-8-18-21-22-19(26-18)16-6-3-13-27-16)20-14-4-1-2-5-15(14)23-9-11-25-12-10-23/h1-6,13H,7-12H2,(H,20,24). The smallest absolute Gasteiger partial charge is 0.257 e. The molecule has 140 valence electrons. The van der Waals surface area contributed by atoms with E-state index >= 15 is 0 Å². The Kier molecular flexibility index (Phi) is 5.45. The molecule has 0 radical (unpaired) electrons. The zero-order chi connectivity index (χ0) is 18.5. The average Bonchev–Trinajstić information content (AvgIpc) is 3.39. The van der Waals surface area contributed by atoms with Gasteiger partial charge in [0.25, 0.3) is 5.89 Å². The summed E-state index contributed by atoms with van der Waals surface area (Å²) < 4.78 is 11.0. The highest BCUT2D eigenvalue weighted by atomic mass is 32.1. The second-order valence-corrected chi connectivity index (χ2v) is 7.09. The lowest BCUT2D eigenvalue weighted by Gasteiger charge is -2.30. The van der Waals surface area contributed by atoms with Crippen LogP contribution in [0.5, 0.6) is 0 Å². The number of hydrogen-bond donors (Lipinski definition) is 1. The van der Waals surface area contributed by atoms with E-state index in [2.05, 4.69) is 20.4 Å². The molecule has 3 heterocycles. The highest BCUT2D eigenvalue weighted by molar-refractivity contribution is 7.13. The molecule has 1 amide bonds. The van der Waals surface area contributed by atoms with E-state index in [0.29, 0.717) is 31.4 Å². The van der Waals surface area contributed by atoms with E-state index in [9.17, 15) is 4.79 Å². The molecule has 1 aliphatic heterocycles. The van der Waals surface area contributed by atoms with Gasteiger partial charge in [-0.1, -0.05) is 18.2 Å². The predicted molar refractivity (Wildman–Crippen MR) is 104 cm³/mol. The van der Waals surface area contributed by atoms with Gasteiger partial charge in [-0.15, -0.1) is 21.5 Å². The van der Waals surface area contributed by atoms with Crippen molar-refractivity contribution >= 4 is 28.6 Å². The van der Waals surface area contributed by atoms with Crippen molar-refractivity contribution in [2.75, 3.05) is 36.5 Å². The highest BCUT2D eigenvalue weighted by Crippen LogP contribution is 2.27. The summed E-state index contributed by atoms with van der Waals surface area (Å²) in [7, 11) is 0. The summed E-state index contributed by atoms with van der Waals surface area (Å²) in [5.41, 5.74) is 1.83. The van der Waals surface area contributed by atoms with E-state index in [-0.39, 0.29) is 12.3 Å². The van der Waals surface area contributed by atoms with Gasteiger partial charge in [0.2, 0.25) is 11.8 Å². The molecule has 0 unspecified atom stereocenters. The van der Waals surface area contributed by atoms with Crippen molar-refractivity contribution in [1.82, 2.24) is 10.2 Å². The molecule has 0 saturated carbocycles. The van der Waals surface area contributed by atoms with Gasteiger partial charge in [0, 0.05) is 25.9 Å². The van der Waals surface area contributed by atoms with Gasteiger partial charge in [0.05, 0.1) is 29.5 Å². The van der Waals surface area contributed by atoms with Gasteiger partial charge in [-0.2, -0.15) is 0 Å². The van der Waals surface area contributed by atoms with Crippen LogP contribution in [0, 0.1) is 0 Å². The maximum atomic E-state index is 12.4. The molecule has 1 aliphatic rings. The van der Waals surface area contributed by atoms with Crippen LogP contribution in [0.2, 0.25) is 0 Å². The van der Waals surface area contributed by atoms with Crippen molar-refractivity contribution in [1.29, 1.82) is 0 Å². The number of carbonyl (C=O) groups excluding carboxylic acids is 1. The molecule has 1 N–H and O–H groups in total. The molecule has 4 rings (SSSR count). The number of benzene rings is 1. The number of aromatic nitrogens is 2. The molecule has 1 aromatic carbocycles. The number of hydrogen-bond acceptors (Lipinski definition) is 7. The van der Waals surface area contributed by atoms with Gasteiger partial charge in [0.15, 0.2) is 0 Å². The van der Waals surface area contributed by atoms with Crippen molar-refractivity contribution < 1.29 is 13.9 Å². The Bertz CT molecular complexity index is 888. The Morgan fingerprint density at radius 3 is 2.81 bits per heavy atom. The van der Waals surface area contributed by atoms with E-state index < -0.39 is 0 Å². The molecule has 0 aliphatic carbocycles. The zero-order valence-corrected chi connectivity index (χ0v) is 15.6. The number of nitrogens with one attached hydrogen (secondary N) is 1. The molecular formula is C19H20N4O3S. The van der Waals surface area contributed by atoms with E-state index in [0.717, 1.165) is 29.3 Å². The molecule has 7 nitrogen and oxygen atoms in total. The summed E-state index contributed by atoms with van der Waals surface area (Å²) in [5, 5.41) is 13.0. The molecule has 1 saturated heterocycles. The summed E-state index contributed by atoms with van der Waals surface area (Å²) in [6.07, 6.45) is 0.688. The van der Waals surface area contributed by atoms with Gasteiger partial charge >= 0.3 is 0 Å². The largest absolute Gasteiger partial charge is 0.420 e. The van der Waals surface area contributed by atoms with Crippen LogP contribution in [0.25, 0.3) is 10.8 Å². The monoisotopic (exact) mass is 384 g/mol. The van der Waals surface area contributed by atoms with Gasteiger partial charge < -0.3 is 19.4 Å². The second-order valence-electron chi connectivity index (χ2n) is 6.14. The van der Waals surface area contributed by atoms with Crippen molar-refractivity contribution in [2.24, 2.45) is 0 Å². The zero-order valence-electron chi connectivity index (χ0n) is 14.8. The Hall–Kier alpha value is -2.71. The van der Waals surface area contributed by atoms with Crippen LogP contribution in [0.1, 0.15) is 12.3 Å². The molecule has 27 heavy (non-hydrogen) atoms. The lowest BCUT2D eigenvalue weighted by Crippen LogP contribution is -2.36. The summed E-state index contributed by atoms with van der Waals surface area (Å²) in [5.74, 6) is 0.889. The minimum Gasteiger partial charge on any atom is -0.420 e. The minimum absolute atomic E-state index is 0.0772. The first-order valence-corrected chi connectivity index (χ1v) is 9.75. The van der Waals surface area contributed by atoms with E-state index in [1.807, 2.05) is 41.8 Å². The number of nitrogens with zero attached hydrogens (tertiary/aromatic N) is 3. The normalized spacial score (nSPS) is 14.3. The van der Waals surface area contributed by atoms with E-state index in [1.54, 1.807) is 11.3 Å². The van der Waals surface area contributed by atoms with Crippen LogP contribution in [0.3, 0.4) is 0 Å². The molecule has 0 bridgehead atoms. The number of ether oxygens (including phenoxy) is 1. The number of amides is 1. The summed E-state index contributed by atoms with van der Waals surface area (Å²) >= 11 is 1.54.